The van der Waals surface area contributed by atoms with Crippen LogP contribution in [0.15, 0.2) is 40.9 Å². The molecule has 1 atom stereocenters. The van der Waals surface area contributed by atoms with Crippen LogP contribution in [-0.2, 0) is 16.1 Å². The summed E-state index contributed by atoms with van der Waals surface area (Å²) < 4.78 is 10.2. The summed E-state index contributed by atoms with van der Waals surface area (Å²) in [5.41, 5.74) is 1.91. The van der Waals surface area contributed by atoms with Crippen LogP contribution in [0.1, 0.15) is 12.1 Å². The highest BCUT2D eigenvalue weighted by atomic mass is 16.5. The first-order chi connectivity index (χ1) is 10.3. The van der Waals surface area contributed by atoms with Crippen molar-refractivity contribution in [1.29, 1.82) is 0 Å². The highest BCUT2D eigenvalue weighted by molar-refractivity contribution is 5.72. The van der Waals surface area contributed by atoms with Crippen molar-refractivity contribution in [2.24, 2.45) is 5.92 Å². The molecule has 1 aliphatic rings. The Kier molecular flexibility index (Phi) is 4.01. The number of benzene rings is 1. The molecule has 1 aromatic heterocycles. The second kappa shape index (κ2) is 6.10. The van der Waals surface area contributed by atoms with E-state index in [4.69, 9.17) is 9.26 Å². The van der Waals surface area contributed by atoms with Gasteiger partial charge in [0.1, 0.15) is 0 Å². The monoisotopic (exact) mass is 286 g/mol. The van der Waals surface area contributed by atoms with Crippen molar-refractivity contribution in [2.75, 3.05) is 20.2 Å². The van der Waals surface area contributed by atoms with E-state index in [1.165, 1.54) is 7.11 Å². The average molecular weight is 286 g/mol. The minimum absolute atomic E-state index is 0.0181. The van der Waals surface area contributed by atoms with Crippen LogP contribution in [0.4, 0.5) is 0 Å². The van der Waals surface area contributed by atoms with Crippen LogP contribution in [0.5, 0.6) is 0 Å². The first kappa shape index (κ1) is 13.8. The third-order valence-electron chi connectivity index (χ3n) is 3.81. The van der Waals surface area contributed by atoms with Gasteiger partial charge in [0.2, 0.25) is 0 Å². The highest BCUT2D eigenvalue weighted by Gasteiger charge is 2.29. The van der Waals surface area contributed by atoms with Crippen LogP contribution in [0.3, 0.4) is 0 Å². The van der Waals surface area contributed by atoms with E-state index in [1.54, 1.807) is 0 Å². The van der Waals surface area contributed by atoms with Gasteiger partial charge >= 0.3 is 5.97 Å². The lowest BCUT2D eigenvalue weighted by Crippen LogP contribution is -2.23. The van der Waals surface area contributed by atoms with E-state index >= 15 is 0 Å². The summed E-state index contributed by atoms with van der Waals surface area (Å²) in [4.78, 5) is 13.7. The first-order valence-electron chi connectivity index (χ1n) is 7.07. The summed E-state index contributed by atoms with van der Waals surface area (Å²) in [6, 6.07) is 11.9. The van der Waals surface area contributed by atoms with Gasteiger partial charge in [-0.1, -0.05) is 35.5 Å². The second-order valence-corrected chi connectivity index (χ2v) is 5.29. The number of nitrogens with zero attached hydrogens (tertiary/aromatic N) is 2. The van der Waals surface area contributed by atoms with Gasteiger partial charge in [0.05, 0.1) is 18.7 Å². The maximum Gasteiger partial charge on any atom is 0.310 e. The minimum atomic E-state index is -0.123. The Morgan fingerprint density at radius 2 is 2.24 bits per heavy atom. The number of methoxy groups -OCH3 is 1. The summed E-state index contributed by atoms with van der Waals surface area (Å²) in [6.07, 6.45) is 0.843. The first-order valence-corrected chi connectivity index (χ1v) is 7.07. The van der Waals surface area contributed by atoms with Crippen LogP contribution in [0, 0.1) is 5.92 Å². The van der Waals surface area contributed by atoms with Crippen LogP contribution < -0.4 is 0 Å². The van der Waals surface area contributed by atoms with Gasteiger partial charge < -0.3 is 9.26 Å². The van der Waals surface area contributed by atoms with Crippen LogP contribution >= 0.6 is 0 Å². The maximum atomic E-state index is 11.5. The fraction of sp³-hybridized carbons (Fsp3) is 0.375. The molecule has 1 aliphatic heterocycles. The summed E-state index contributed by atoms with van der Waals surface area (Å²) in [7, 11) is 1.44. The zero-order chi connectivity index (χ0) is 14.7. The number of ether oxygens (including phenoxy) is 1. The summed E-state index contributed by atoms with van der Waals surface area (Å²) in [5, 5.41) is 4.11. The van der Waals surface area contributed by atoms with E-state index < -0.39 is 0 Å². The molecule has 5 heteroatoms. The van der Waals surface area contributed by atoms with Gasteiger partial charge in [-0.25, -0.2) is 0 Å². The lowest BCUT2D eigenvalue weighted by atomic mass is 10.1. The van der Waals surface area contributed by atoms with Gasteiger partial charge in [0, 0.05) is 24.7 Å². The Morgan fingerprint density at radius 3 is 3.00 bits per heavy atom. The third-order valence-corrected chi connectivity index (χ3v) is 3.81. The molecule has 110 valence electrons. The van der Waals surface area contributed by atoms with Gasteiger partial charge in [-0.2, -0.15) is 0 Å². The van der Waals surface area contributed by atoms with E-state index in [1.807, 2.05) is 36.4 Å². The van der Waals surface area contributed by atoms with E-state index in [0.29, 0.717) is 6.54 Å². The van der Waals surface area contributed by atoms with E-state index in [2.05, 4.69) is 10.1 Å². The predicted octanol–water partition coefficient (Wildman–Crippen LogP) is 2.34. The normalized spacial score (nSPS) is 18.8. The zero-order valence-corrected chi connectivity index (χ0v) is 12.0. The smallest absolute Gasteiger partial charge is 0.310 e. The van der Waals surface area contributed by atoms with Gasteiger partial charge in [-0.05, 0) is 13.0 Å². The Hall–Kier alpha value is -2.14. The quantitative estimate of drug-likeness (QED) is 0.807. The Balaban J connectivity index is 1.62. The van der Waals surface area contributed by atoms with Crippen molar-refractivity contribution in [3.05, 3.63) is 42.1 Å². The van der Waals surface area contributed by atoms with Gasteiger partial charge in [0.15, 0.2) is 5.76 Å². The lowest BCUT2D eigenvalue weighted by Gasteiger charge is -2.12. The number of aromatic nitrogens is 1. The minimum Gasteiger partial charge on any atom is -0.469 e. The van der Waals surface area contributed by atoms with Crippen molar-refractivity contribution >= 4 is 5.97 Å². The fourth-order valence-corrected chi connectivity index (χ4v) is 2.69. The molecule has 1 fully saturated rings. The molecule has 0 spiro atoms. The Labute approximate surface area is 123 Å². The molecule has 0 radical (unpaired) electrons. The molecule has 3 rings (SSSR count). The fourth-order valence-electron chi connectivity index (χ4n) is 2.69. The van der Waals surface area contributed by atoms with Crippen LogP contribution in [-0.4, -0.2) is 36.2 Å². The molecule has 1 aromatic carbocycles. The number of esters is 1. The standard InChI is InChI=1S/C16H18N2O3/c1-20-16(19)13-7-8-18(10-13)11-14-9-15(21-17-14)12-5-3-2-4-6-12/h2-6,9,13H,7-8,10-11H2,1H3. The molecule has 5 nitrogen and oxygen atoms in total. The third kappa shape index (κ3) is 3.13. The highest BCUT2D eigenvalue weighted by Crippen LogP contribution is 2.23. The molecule has 21 heavy (non-hydrogen) atoms. The number of hydrogen-bond donors (Lipinski definition) is 0. The van der Waals surface area contributed by atoms with Crippen molar-refractivity contribution in [2.45, 2.75) is 13.0 Å². The van der Waals surface area contributed by atoms with E-state index in [9.17, 15) is 4.79 Å². The predicted molar refractivity (Wildman–Crippen MR) is 77.3 cm³/mol. The number of carbonyl (C=O) groups is 1. The SMILES string of the molecule is COC(=O)C1CCN(Cc2cc(-c3ccccc3)on2)C1. The number of rotatable bonds is 4. The molecule has 1 saturated heterocycles. The van der Waals surface area contributed by atoms with Gasteiger partial charge in [-0.3, -0.25) is 9.69 Å². The molecular weight excluding hydrogens is 268 g/mol. The van der Waals surface area contributed by atoms with Crippen molar-refractivity contribution in [3.63, 3.8) is 0 Å². The molecule has 0 bridgehead atoms. The van der Waals surface area contributed by atoms with Gasteiger partial charge in [0.25, 0.3) is 0 Å². The van der Waals surface area contributed by atoms with Gasteiger partial charge in [-0.15, -0.1) is 0 Å². The zero-order valence-electron chi connectivity index (χ0n) is 12.0. The second-order valence-electron chi connectivity index (χ2n) is 5.29. The Bertz CT molecular complexity index is 609. The molecule has 1 unspecified atom stereocenters. The average Bonchev–Trinajstić information content (AvgIpc) is 3.17. The molecule has 2 aromatic rings. The topological polar surface area (TPSA) is 55.6 Å². The summed E-state index contributed by atoms with van der Waals surface area (Å²) in [5.74, 6) is 0.632. The number of carbonyl (C=O) groups excluding carboxylic acids is 1. The van der Waals surface area contributed by atoms with E-state index in [0.717, 1.165) is 36.5 Å². The number of likely N-dealkylation sites (tertiary alicyclic amines) is 1. The molecule has 0 N–H and O–H groups in total. The molecular formula is C16H18N2O3. The van der Waals surface area contributed by atoms with Crippen LogP contribution in [0.25, 0.3) is 11.3 Å². The summed E-state index contributed by atoms with van der Waals surface area (Å²) in [6.45, 7) is 2.30. The molecule has 2 heterocycles. The number of hydrogen-bond acceptors (Lipinski definition) is 5. The van der Waals surface area contributed by atoms with E-state index in [-0.39, 0.29) is 11.9 Å². The molecule has 0 aliphatic carbocycles. The maximum absolute atomic E-state index is 11.5. The summed E-state index contributed by atoms with van der Waals surface area (Å²) >= 11 is 0. The Morgan fingerprint density at radius 1 is 1.43 bits per heavy atom. The molecule has 0 amide bonds. The largest absolute Gasteiger partial charge is 0.469 e. The van der Waals surface area contributed by atoms with Crippen molar-refractivity contribution in [1.82, 2.24) is 10.1 Å². The van der Waals surface area contributed by atoms with Crippen molar-refractivity contribution < 1.29 is 14.1 Å². The lowest BCUT2D eigenvalue weighted by molar-refractivity contribution is -0.144. The van der Waals surface area contributed by atoms with Crippen LogP contribution in [0.2, 0.25) is 0 Å². The van der Waals surface area contributed by atoms with Crippen molar-refractivity contribution in [3.8, 4) is 11.3 Å². The molecule has 0 saturated carbocycles.